The standard InChI is InChI=1S/C25H24N2O2S/c1-4-16-14-23(30-22(16)6-3)20-13-12-18(15-21(20)24(26)28)27-25(29)19(5-2)17-10-8-7-9-11-17/h4,6-15,19H,1,3,5H2,2H3,(H2,26,28)(H,27,29). The molecular weight excluding hydrogens is 392 g/mol. The predicted molar refractivity (Wildman–Crippen MR) is 127 cm³/mol. The van der Waals surface area contributed by atoms with Crippen LogP contribution < -0.4 is 11.1 Å². The van der Waals surface area contributed by atoms with E-state index in [0.29, 0.717) is 17.7 Å². The van der Waals surface area contributed by atoms with Gasteiger partial charge in [0.05, 0.1) is 5.92 Å². The summed E-state index contributed by atoms with van der Waals surface area (Å²) in [7, 11) is 0. The lowest BCUT2D eigenvalue weighted by Gasteiger charge is -2.16. The average Bonchev–Trinajstić information content (AvgIpc) is 3.18. The molecule has 0 aliphatic rings. The summed E-state index contributed by atoms with van der Waals surface area (Å²) >= 11 is 1.51. The van der Waals surface area contributed by atoms with Gasteiger partial charge in [0, 0.05) is 26.6 Å². The number of nitrogens with one attached hydrogen (secondary N) is 1. The zero-order valence-corrected chi connectivity index (χ0v) is 17.7. The monoisotopic (exact) mass is 416 g/mol. The van der Waals surface area contributed by atoms with Gasteiger partial charge < -0.3 is 11.1 Å². The van der Waals surface area contributed by atoms with Gasteiger partial charge in [-0.2, -0.15) is 0 Å². The summed E-state index contributed by atoms with van der Waals surface area (Å²) in [4.78, 5) is 26.9. The van der Waals surface area contributed by atoms with Crippen LogP contribution in [-0.4, -0.2) is 11.8 Å². The Labute approximate surface area is 180 Å². The molecule has 3 N–H and O–H groups in total. The molecule has 1 unspecified atom stereocenters. The summed E-state index contributed by atoms with van der Waals surface area (Å²) < 4.78 is 0. The minimum Gasteiger partial charge on any atom is -0.366 e. The summed E-state index contributed by atoms with van der Waals surface area (Å²) in [6.07, 6.45) is 4.18. The number of hydrogen-bond acceptors (Lipinski definition) is 3. The molecule has 0 saturated heterocycles. The fourth-order valence-corrected chi connectivity index (χ4v) is 4.45. The molecule has 0 fully saturated rings. The quantitative estimate of drug-likeness (QED) is 0.477. The molecule has 0 aliphatic heterocycles. The minimum atomic E-state index is -0.551. The average molecular weight is 417 g/mol. The van der Waals surface area contributed by atoms with E-state index in [9.17, 15) is 9.59 Å². The summed E-state index contributed by atoms with van der Waals surface area (Å²) in [5.41, 5.74) is 9.17. The molecular formula is C25H24N2O2S. The van der Waals surface area contributed by atoms with Gasteiger partial charge in [-0.1, -0.05) is 68.6 Å². The maximum atomic E-state index is 12.9. The van der Waals surface area contributed by atoms with Crippen molar-refractivity contribution in [3.8, 4) is 10.4 Å². The van der Waals surface area contributed by atoms with E-state index in [1.54, 1.807) is 24.3 Å². The Bertz CT molecular complexity index is 1070. The second-order valence-electron chi connectivity index (χ2n) is 6.82. The molecule has 4 nitrogen and oxygen atoms in total. The van der Waals surface area contributed by atoms with Crippen molar-refractivity contribution < 1.29 is 9.59 Å². The lowest BCUT2D eigenvalue weighted by Crippen LogP contribution is -2.21. The van der Waals surface area contributed by atoms with Crippen LogP contribution in [0, 0.1) is 0 Å². The van der Waals surface area contributed by atoms with Crippen molar-refractivity contribution in [1.82, 2.24) is 0 Å². The molecule has 3 aromatic rings. The number of nitrogens with two attached hydrogens (primary N) is 1. The Morgan fingerprint density at radius 1 is 1.10 bits per heavy atom. The first-order valence-corrected chi connectivity index (χ1v) is 10.5. The SMILES string of the molecule is C=Cc1cc(-c2ccc(NC(=O)C(CC)c3ccccc3)cc2C(N)=O)sc1C=C. The Morgan fingerprint density at radius 2 is 1.83 bits per heavy atom. The highest BCUT2D eigenvalue weighted by atomic mass is 32.1. The smallest absolute Gasteiger partial charge is 0.249 e. The Hall–Kier alpha value is -3.44. The van der Waals surface area contributed by atoms with Gasteiger partial charge in [-0.25, -0.2) is 0 Å². The highest BCUT2D eigenvalue weighted by Gasteiger charge is 2.20. The van der Waals surface area contributed by atoms with Gasteiger partial charge in [-0.15, -0.1) is 11.3 Å². The molecule has 3 rings (SSSR count). The predicted octanol–water partition coefficient (Wildman–Crippen LogP) is 5.93. The lowest BCUT2D eigenvalue weighted by atomic mass is 9.95. The van der Waals surface area contributed by atoms with Crippen LogP contribution in [0.15, 0.2) is 67.8 Å². The molecule has 0 bridgehead atoms. The van der Waals surface area contributed by atoms with Crippen molar-refractivity contribution in [2.75, 3.05) is 5.32 Å². The summed E-state index contributed by atoms with van der Waals surface area (Å²) in [6.45, 7) is 9.62. The van der Waals surface area contributed by atoms with Crippen molar-refractivity contribution in [3.63, 3.8) is 0 Å². The first kappa shape index (κ1) is 21.3. The van der Waals surface area contributed by atoms with Crippen molar-refractivity contribution in [2.24, 2.45) is 5.73 Å². The van der Waals surface area contributed by atoms with E-state index in [1.807, 2.05) is 49.4 Å². The largest absolute Gasteiger partial charge is 0.366 e. The Morgan fingerprint density at radius 3 is 2.40 bits per heavy atom. The number of hydrogen-bond donors (Lipinski definition) is 2. The van der Waals surface area contributed by atoms with E-state index in [2.05, 4.69) is 18.5 Å². The first-order valence-electron chi connectivity index (χ1n) is 9.67. The number of primary amides is 1. The molecule has 2 amide bonds. The van der Waals surface area contributed by atoms with Crippen LogP contribution in [0.3, 0.4) is 0 Å². The molecule has 0 aliphatic carbocycles. The fraction of sp³-hybridized carbons (Fsp3) is 0.120. The topological polar surface area (TPSA) is 72.2 Å². The summed E-state index contributed by atoms with van der Waals surface area (Å²) in [5, 5.41) is 2.93. The molecule has 1 aromatic heterocycles. The number of anilines is 1. The zero-order chi connectivity index (χ0) is 21.7. The number of carbonyl (C=O) groups excluding carboxylic acids is 2. The van der Waals surface area contributed by atoms with Gasteiger partial charge in [0.2, 0.25) is 11.8 Å². The molecule has 0 spiro atoms. The molecule has 1 heterocycles. The van der Waals surface area contributed by atoms with E-state index < -0.39 is 5.91 Å². The Kier molecular flexibility index (Phi) is 6.65. The van der Waals surface area contributed by atoms with Crippen LogP contribution in [0.2, 0.25) is 0 Å². The minimum absolute atomic E-state index is 0.120. The fourth-order valence-electron chi connectivity index (χ4n) is 3.40. The molecule has 0 radical (unpaired) electrons. The van der Waals surface area contributed by atoms with Crippen LogP contribution in [0.25, 0.3) is 22.6 Å². The normalized spacial score (nSPS) is 11.5. The van der Waals surface area contributed by atoms with Gasteiger partial charge in [-0.3, -0.25) is 9.59 Å². The number of amides is 2. The first-order chi connectivity index (χ1) is 14.5. The molecule has 30 heavy (non-hydrogen) atoms. The molecule has 152 valence electrons. The van der Waals surface area contributed by atoms with E-state index in [0.717, 1.165) is 26.4 Å². The third-order valence-electron chi connectivity index (χ3n) is 4.94. The number of benzene rings is 2. The lowest BCUT2D eigenvalue weighted by molar-refractivity contribution is -0.117. The van der Waals surface area contributed by atoms with E-state index in [1.165, 1.54) is 11.3 Å². The van der Waals surface area contributed by atoms with E-state index >= 15 is 0 Å². The molecule has 2 aromatic carbocycles. The molecule has 1 atom stereocenters. The van der Waals surface area contributed by atoms with Crippen molar-refractivity contribution in [3.05, 3.63) is 89.3 Å². The third kappa shape index (κ3) is 4.42. The van der Waals surface area contributed by atoms with E-state index in [-0.39, 0.29) is 11.8 Å². The van der Waals surface area contributed by atoms with Crippen molar-refractivity contribution in [1.29, 1.82) is 0 Å². The van der Waals surface area contributed by atoms with Crippen LogP contribution in [0.4, 0.5) is 5.69 Å². The maximum absolute atomic E-state index is 12.9. The number of thiophene rings is 1. The highest BCUT2D eigenvalue weighted by molar-refractivity contribution is 7.16. The maximum Gasteiger partial charge on any atom is 0.249 e. The van der Waals surface area contributed by atoms with Crippen molar-refractivity contribution in [2.45, 2.75) is 19.3 Å². The Balaban J connectivity index is 1.93. The van der Waals surface area contributed by atoms with Crippen LogP contribution in [-0.2, 0) is 4.79 Å². The third-order valence-corrected chi connectivity index (χ3v) is 6.12. The van der Waals surface area contributed by atoms with Gasteiger partial charge in [0.1, 0.15) is 0 Å². The summed E-state index contributed by atoms with van der Waals surface area (Å²) in [5.74, 6) is -0.943. The van der Waals surface area contributed by atoms with Gasteiger partial charge in [0.15, 0.2) is 0 Å². The van der Waals surface area contributed by atoms with Crippen LogP contribution in [0.5, 0.6) is 0 Å². The van der Waals surface area contributed by atoms with Gasteiger partial charge in [0.25, 0.3) is 0 Å². The highest BCUT2D eigenvalue weighted by Crippen LogP contribution is 2.36. The number of rotatable bonds is 8. The second-order valence-corrected chi connectivity index (χ2v) is 7.91. The molecule has 5 heteroatoms. The zero-order valence-electron chi connectivity index (χ0n) is 16.9. The number of carbonyl (C=O) groups is 2. The summed E-state index contributed by atoms with van der Waals surface area (Å²) in [6, 6.07) is 16.8. The molecule has 0 saturated carbocycles. The van der Waals surface area contributed by atoms with Gasteiger partial charge in [-0.05, 0) is 35.7 Å². The van der Waals surface area contributed by atoms with Crippen LogP contribution >= 0.6 is 11.3 Å². The second kappa shape index (κ2) is 9.37. The van der Waals surface area contributed by atoms with E-state index in [4.69, 9.17) is 5.73 Å². The van der Waals surface area contributed by atoms with Crippen LogP contribution in [0.1, 0.15) is 45.6 Å². The van der Waals surface area contributed by atoms with Gasteiger partial charge >= 0.3 is 0 Å². The van der Waals surface area contributed by atoms with Crippen molar-refractivity contribution >= 4 is 41.0 Å².